The number of amides is 3. The maximum absolute atomic E-state index is 13.1. The molecular formula is C23H34BrN5O6. The van der Waals surface area contributed by atoms with E-state index in [4.69, 9.17) is 14.2 Å². The number of fused-ring (bicyclic) bond motifs is 1. The lowest BCUT2D eigenvalue weighted by atomic mass is 10.2. The number of aromatic nitrogens is 3. The van der Waals surface area contributed by atoms with Gasteiger partial charge in [-0.05, 0) is 84.3 Å². The summed E-state index contributed by atoms with van der Waals surface area (Å²) >= 11 is 3.38. The van der Waals surface area contributed by atoms with E-state index in [0.717, 1.165) is 4.90 Å². The zero-order valence-corrected chi connectivity index (χ0v) is 23.3. The first-order valence-corrected chi connectivity index (χ1v) is 11.9. The van der Waals surface area contributed by atoms with Gasteiger partial charge in [0.15, 0.2) is 5.65 Å². The fourth-order valence-corrected chi connectivity index (χ4v) is 3.05. The van der Waals surface area contributed by atoms with Gasteiger partial charge >= 0.3 is 18.3 Å². The van der Waals surface area contributed by atoms with Crippen molar-refractivity contribution in [3.8, 4) is 0 Å². The van der Waals surface area contributed by atoms with E-state index in [2.05, 4.69) is 26.0 Å². The van der Waals surface area contributed by atoms with Crippen molar-refractivity contribution in [2.75, 3.05) is 18.0 Å². The molecular weight excluding hydrogens is 522 g/mol. The molecule has 0 aromatic carbocycles. The number of anilines is 1. The van der Waals surface area contributed by atoms with Crippen LogP contribution < -0.4 is 4.90 Å². The van der Waals surface area contributed by atoms with Gasteiger partial charge in [-0.1, -0.05) is 0 Å². The van der Waals surface area contributed by atoms with E-state index in [1.165, 1.54) is 9.42 Å². The molecule has 0 saturated carbocycles. The highest BCUT2D eigenvalue weighted by Gasteiger charge is 2.33. The molecule has 0 unspecified atom stereocenters. The molecule has 0 aliphatic carbocycles. The van der Waals surface area contributed by atoms with E-state index < -0.39 is 35.1 Å². The van der Waals surface area contributed by atoms with Crippen molar-refractivity contribution in [1.82, 2.24) is 19.5 Å². The Bertz CT molecular complexity index is 1050. The predicted octanol–water partition coefficient (Wildman–Crippen LogP) is 5.41. The summed E-state index contributed by atoms with van der Waals surface area (Å²) in [6.45, 7) is 15.0. The van der Waals surface area contributed by atoms with Crippen molar-refractivity contribution in [1.29, 1.82) is 0 Å². The van der Waals surface area contributed by atoms with E-state index in [-0.39, 0.29) is 18.9 Å². The van der Waals surface area contributed by atoms with Crippen molar-refractivity contribution < 1.29 is 28.6 Å². The van der Waals surface area contributed by atoms with Crippen molar-refractivity contribution in [3.63, 3.8) is 0 Å². The van der Waals surface area contributed by atoms with Crippen LogP contribution in [0.3, 0.4) is 0 Å². The molecule has 12 heteroatoms. The number of carbonyl (C=O) groups is 3. The molecule has 0 saturated heterocycles. The Labute approximate surface area is 213 Å². The number of rotatable bonds is 4. The van der Waals surface area contributed by atoms with Crippen molar-refractivity contribution in [2.45, 2.75) is 79.1 Å². The fourth-order valence-electron chi connectivity index (χ4n) is 2.69. The summed E-state index contributed by atoms with van der Waals surface area (Å²) in [6.07, 6.45) is 0.740. The lowest BCUT2D eigenvalue weighted by molar-refractivity contribution is 0.00154. The minimum Gasteiger partial charge on any atom is -0.443 e. The first-order valence-electron chi connectivity index (χ1n) is 11.1. The molecule has 2 aromatic rings. The highest BCUT2D eigenvalue weighted by molar-refractivity contribution is 9.10. The van der Waals surface area contributed by atoms with Gasteiger partial charge in [0, 0.05) is 12.7 Å². The van der Waals surface area contributed by atoms with Crippen LogP contribution in [0.1, 0.15) is 62.3 Å². The van der Waals surface area contributed by atoms with Gasteiger partial charge < -0.3 is 14.2 Å². The SMILES string of the molecule is CC(C)(C)OC(=O)N(CCN(C(=O)OC(C)(C)C)c1ccn2ncc(Br)c2n1)C(=O)OC(C)(C)C. The summed E-state index contributed by atoms with van der Waals surface area (Å²) in [7, 11) is 0. The summed E-state index contributed by atoms with van der Waals surface area (Å²) in [4.78, 5) is 45.4. The maximum Gasteiger partial charge on any atom is 0.419 e. The summed E-state index contributed by atoms with van der Waals surface area (Å²) < 4.78 is 18.5. The van der Waals surface area contributed by atoms with Crippen LogP contribution in [0.2, 0.25) is 0 Å². The molecule has 0 fully saturated rings. The molecule has 2 aromatic heterocycles. The van der Waals surface area contributed by atoms with Gasteiger partial charge in [0.2, 0.25) is 0 Å². The first-order chi connectivity index (χ1) is 15.9. The third-order valence-electron chi connectivity index (χ3n) is 3.98. The lowest BCUT2D eigenvalue weighted by Crippen LogP contribution is -2.48. The zero-order chi connectivity index (χ0) is 26.8. The molecule has 3 amide bonds. The fraction of sp³-hybridized carbons (Fsp3) is 0.609. The molecule has 0 spiro atoms. The van der Waals surface area contributed by atoms with Crippen molar-refractivity contribution >= 4 is 45.7 Å². The Kier molecular flexibility index (Phi) is 8.41. The zero-order valence-electron chi connectivity index (χ0n) is 21.7. The van der Waals surface area contributed by atoms with Crippen LogP contribution in [0, 0.1) is 0 Å². The predicted molar refractivity (Wildman–Crippen MR) is 133 cm³/mol. The van der Waals surface area contributed by atoms with Gasteiger partial charge in [0.1, 0.15) is 22.6 Å². The van der Waals surface area contributed by atoms with Gasteiger partial charge in [0.25, 0.3) is 0 Å². The van der Waals surface area contributed by atoms with Crippen LogP contribution in [-0.2, 0) is 14.2 Å². The Morgan fingerprint density at radius 3 is 1.83 bits per heavy atom. The second kappa shape index (κ2) is 10.4. The molecule has 0 atom stereocenters. The number of halogens is 1. The average molecular weight is 556 g/mol. The van der Waals surface area contributed by atoms with E-state index in [1.807, 2.05) is 0 Å². The number of hydrogen-bond donors (Lipinski definition) is 0. The van der Waals surface area contributed by atoms with Crippen LogP contribution in [0.25, 0.3) is 5.65 Å². The van der Waals surface area contributed by atoms with Crippen molar-refractivity contribution in [2.24, 2.45) is 0 Å². The molecule has 2 rings (SSSR count). The molecule has 0 aliphatic rings. The van der Waals surface area contributed by atoms with Crippen molar-refractivity contribution in [3.05, 3.63) is 22.9 Å². The smallest absolute Gasteiger partial charge is 0.419 e. The minimum absolute atomic E-state index is 0.123. The number of nitrogens with zero attached hydrogens (tertiary/aromatic N) is 5. The minimum atomic E-state index is -0.891. The quantitative estimate of drug-likeness (QED) is 0.460. The van der Waals surface area contributed by atoms with E-state index >= 15 is 0 Å². The van der Waals surface area contributed by atoms with Gasteiger partial charge in [0.05, 0.1) is 17.2 Å². The van der Waals surface area contributed by atoms with Gasteiger partial charge in [-0.25, -0.2) is 28.8 Å². The van der Waals surface area contributed by atoms with Crippen LogP contribution in [-0.4, -0.2) is 67.7 Å². The molecule has 35 heavy (non-hydrogen) atoms. The standard InChI is InChI=1S/C23H34BrN5O6/c1-21(2,3)33-18(30)27(16-10-11-29-17(26-16)15(24)14-25-29)12-13-28(19(31)34-22(4,5)6)20(32)35-23(7,8)9/h10-11,14H,12-13H2,1-9H3. The van der Waals surface area contributed by atoms with E-state index in [9.17, 15) is 14.4 Å². The Morgan fingerprint density at radius 1 is 0.857 bits per heavy atom. The number of hydrogen-bond acceptors (Lipinski definition) is 8. The average Bonchev–Trinajstić information content (AvgIpc) is 3.01. The molecule has 0 radical (unpaired) electrons. The molecule has 0 N–H and O–H groups in total. The molecule has 0 bridgehead atoms. The number of imide groups is 1. The first kappa shape index (κ1) is 28.3. The lowest BCUT2D eigenvalue weighted by Gasteiger charge is -2.31. The summed E-state index contributed by atoms with van der Waals surface area (Å²) in [5, 5.41) is 4.15. The van der Waals surface area contributed by atoms with E-state index in [1.54, 1.807) is 80.8 Å². The van der Waals surface area contributed by atoms with Crippen LogP contribution in [0.4, 0.5) is 20.2 Å². The highest BCUT2D eigenvalue weighted by Crippen LogP contribution is 2.22. The topological polar surface area (TPSA) is 116 Å². The van der Waals surface area contributed by atoms with Gasteiger partial charge in [-0.2, -0.15) is 5.10 Å². The van der Waals surface area contributed by atoms with Crippen LogP contribution in [0.5, 0.6) is 0 Å². The maximum atomic E-state index is 13.1. The largest absolute Gasteiger partial charge is 0.443 e. The normalized spacial score (nSPS) is 12.3. The number of ether oxygens (including phenoxy) is 3. The Balaban J connectivity index is 2.39. The second-order valence-electron chi connectivity index (χ2n) is 10.8. The van der Waals surface area contributed by atoms with Crippen LogP contribution >= 0.6 is 15.9 Å². The molecule has 11 nitrogen and oxygen atoms in total. The molecule has 2 heterocycles. The van der Waals surface area contributed by atoms with E-state index in [0.29, 0.717) is 10.1 Å². The third kappa shape index (κ3) is 8.68. The Morgan fingerprint density at radius 2 is 1.34 bits per heavy atom. The highest BCUT2D eigenvalue weighted by atomic mass is 79.9. The summed E-state index contributed by atoms with van der Waals surface area (Å²) in [5.74, 6) is 0.251. The van der Waals surface area contributed by atoms with Gasteiger partial charge in [-0.15, -0.1) is 0 Å². The Hall–Kier alpha value is -2.89. The molecule has 0 aliphatic heterocycles. The molecule has 194 valence electrons. The third-order valence-corrected chi connectivity index (χ3v) is 4.54. The number of carbonyl (C=O) groups excluding carboxylic acids is 3. The summed E-state index contributed by atoms with van der Waals surface area (Å²) in [6, 6.07) is 1.58. The van der Waals surface area contributed by atoms with Gasteiger partial charge in [-0.3, -0.25) is 4.90 Å². The second-order valence-corrected chi connectivity index (χ2v) is 11.6. The monoisotopic (exact) mass is 555 g/mol. The summed E-state index contributed by atoms with van der Waals surface area (Å²) in [5.41, 5.74) is -1.99. The van der Waals surface area contributed by atoms with Crippen LogP contribution in [0.15, 0.2) is 22.9 Å².